The number of nitrogens with two attached hydrogens (primary N) is 1. The number of anilines is 3. The van der Waals surface area contributed by atoms with Crippen molar-refractivity contribution >= 4 is 17.1 Å². The summed E-state index contributed by atoms with van der Waals surface area (Å²) in [6.45, 7) is 0. The van der Waals surface area contributed by atoms with Crippen LogP contribution in [0, 0.1) is 0 Å². The van der Waals surface area contributed by atoms with Crippen LogP contribution in [0.15, 0.2) is 67.0 Å². The largest absolute Gasteiger partial charge is 0.497 e. The van der Waals surface area contributed by atoms with Gasteiger partial charge in [-0.05, 0) is 48.0 Å². The van der Waals surface area contributed by atoms with Crippen molar-refractivity contribution in [3.63, 3.8) is 0 Å². The number of aromatic nitrogens is 1. The van der Waals surface area contributed by atoms with Crippen molar-refractivity contribution in [1.82, 2.24) is 4.98 Å². The summed E-state index contributed by atoms with van der Waals surface area (Å²) in [7, 11) is 1.65. The lowest BCUT2D eigenvalue weighted by molar-refractivity contribution is 0.415. The molecule has 0 unspecified atom stereocenters. The number of hydrogen-bond acceptors (Lipinski definition) is 4. The van der Waals surface area contributed by atoms with E-state index in [9.17, 15) is 0 Å². The summed E-state index contributed by atoms with van der Waals surface area (Å²) in [6, 6.07) is 17.6. The molecule has 1 heterocycles. The normalized spacial score (nSPS) is 10.2. The van der Waals surface area contributed by atoms with E-state index in [0.29, 0.717) is 0 Å². The number of methoxy groups -OCH3 is 1. The fraction of sp³-hybridized carbons (Fsp3) is 0.0556. The van der Waals surface area contributed by atoms with Gasteiger partial charge in [0, 0.05) is 23.1 Å². The Morgan fingerprint density at radius 2 is 1.73 bits per heavy atom. The Morgan fingerprint density at radius 3 is 2.45 bits per heavy atom. The van der Waals surface area contributed by atoms with E-state index in [1.807, 2.05) is 60.8 Å². The first-order chi connectivity index (χ1) is 10.7. The topological polar surface area (TPSA) is 60.2 Å². The van der Waals surface area contributed by atoms with Crippen LogP contribution in [0.4, 0.5) is 17.1 Å². The summed E-state index contributed by atoms with van der Waals surface area (Å²) in [4.78, 5) is 4.29. The van der Waals surface area contributed by atoms with Gasteiger partial charge in [0.15, 0.2) is 0 Å². The number of hydrogen-bond donors (Lipinski definition) is 2. The quantitative estimate of drug-likeness (QED) is 0.711. The summed E-state index contributed by atoms with van der Waals surface area (Å²) in [5, 5.41) is 3.33. The van der Waals surface area contributed by atoms with Crippen LogP contribution < -0.4 is 15.8 Å². The predicted molar refractivity (Wildman–Crippen MR) is 90.4 cm³/mol. The van der Waals surface area contributed by atoms with E-state index in [1.165, 1.54) is 0 Å². The lowest BCUT2D eigenvalue weighted by Crippen LogP contribution is -1.93. The zero-order chi connectivity index (χ0) is 15.4. The van der Waals surface area contributed by atoms with Gasteiger partial charge >= 0.3 is 0 Å². The Bertz CT molecular complexity index is 769. The highest BCUT2D eigenvalue weighted by Crippen LogP contribution is 2.25. The van der Waals surface area contributed by atoms with Gasteiger partial charge < -0.3 is 15.8 Å². The molecule has 0 fully saturated rings. The third-order valence-electron chi connectivity index (χ3n) is 3.34. The molecule has 0 bridgehead atoms. The van der Waals surface area contributed by atoms with E-state index < -0.39 is 0 Å². The standard InChI is InChI=1S/C18H17N3O/c1-22-18-7-5-16(6-8-18)21-17-10-14(11-20-12-17)13-3-2-4-15(19)9-13/h2-12,21H,19H2,1H3. The molecule has 0 spiro atoms. The summed E-state index contributed by atoms with van der Waals surface area (Å²) in [5.74, 6) is 0.831. The minimum Gasteiger partial charge on any atom is -0.497 e. The summed E-state index contributed by atoms with van der Waals surface area (Å²) >= 11 is 0. The van der Waals surface area contributed by atoms with E-state index in [1.54, 1.807) is 13.3 Å². The fourth-order valence-corrected chi connectivity index (χ4v) is 2.23. The van der Waals surface area contributed by atoms with Crippen molar-refractivity contribution in [2.45, 2.75) is 0 Å². The molecule has 0 aliphatic rings. The van der Waals surface area contributed by atoms with Crippen molar-refractivity contribution < 1.29 is 4.74 Å². The molecule has 0 amide bonds. The molecule has 3 aromatic rings. The molecule has 0 aliphatic carbocycles. The first-order valence-corrected chi connectivity index (χ1v) is 6.96. The van der Waals surface area contributed by atoms with Gasteiger partial charge in [-0.15, -0.1) is 0 Å². The first kappa shape index (κ1) is 13.9. The predicted octanol–water partition coefficient (Wildman–Crippen LogP) is 4.08. The van der Waals surface area contributed by atoms with Crippen LogP contribution in [0.1, 0.15) is 0 Å². The molecule has 110 valence electrons. The summed E-state index contributed by atoms with van der Waals surface area (Å²) in [6.07, 6.45) is 3.62. The van der Waals surface area contributed by atoms with Crippen LogP contribution in [0.2, 0.25) is 0 Å². The third-order valence-corrected chi connectivity index (χ3v) is 3.34. The third kappa shape index (κ3) is 3.17. The second kappa shape index (κ2) is 6.18. The molecule has 0 saturated carbocycles. The Labute approximate surface area is 129 Å². The first-order valence-electron chi connectivity index (χ1n) is 6.96. The van der Waals surface area contributed by atoms with E-state index in [0.717, 1.165) is 33.9 Å². The number of nitrogens with one attached hydrogen (secondary N) is 1. The van der Waals surface area contributed by atoms with Gasteiger partial charge in [0.2, 0.25) is 0 Å². The Kier molecular flexibility index (Phi) is 3.92. The minimum absolute atomic E-state index is 0.742. The fourth-order valence-electron chi connectivity index (χ4n) is 2.23. The maximum atomic E-state index is 5.84. The van der Waals surface area contributed by atoms with Crippen LogP contribution in [0.25, 0.3) is 11.1 Å². The van der Waals surface area contributed by atoms with Crippen molar-refractivity contribution in [1.29, 1.82) is 0 Å². The maximum absolute atomic E-state index is 5.84. The Hall–Kier alpha value is -3.01. The monoisotopic (exact) mass is 291 g/mol. The van der Waals surface area contributed by atoms with E-state index in [4.69, 9.17) is 10.5 Å². The molecule has 0 aliphatic heterocycles. The van der Waals surface area contributed by atoms with Crippen LogP contribution in [0.5, 0.6) is 5.75 Å². The van der Waals surface area contributed by atoms with Crippen molar-refractivity contribution in [2.75, 3.05) is 18.2 Å². The molecule has 1 aromatic heterocycles. The van der Waals surface area contributed by atoms with Gasteiger partial charge in [-0.25, -0.2) is 0 Å². The smallest absolute Gasteiger partial charge is 0.119 e. The average Bonchev–Trinajstić information content (AvgIpc) is 2.56. The highest BCUT2D eigenvalue weighted by molar-refractivity contribution is 5.71. The van der Waals surface area contributed by atoms with Gasteiger partial charge in [0.1, 0.15) is 5.75 Å². The second-order valence-corrected chi connectivity index (χ2v) is 4.94. The van der Waals surface area contributed by atoms with Gasteiger partial charge in [-0.2, -0.15) is 0 Å². The molecule has 0 saturated heterocycles. The number of ether oxygens (including phenoxy) is 1. The molecule has 4 nitrogen and oxygen atoms in total. The Balaban J connectivity index is 1.84. The zero-order valence-electron chi connectivity index (χ0n) is 12.3. The van der Waals surface area contributed by atoms with Crippen LogP contribution in [-0.4, -0.2) is 12.1 Å². The highest BCUT2D eigenvalue weighted by Gasteiger charge is 2.02. The second-order valence-electron chi connectivity index (χ2n) is 4.94. The molecular weight excluding hydrogens is 274 g/mol. The number of benzene rings is 2. The van der Waals surface area contributed by atoms with E-state index in [2.05, 4.69) is 10.3 Å². The average molecular weight is 291 g/mol. The summed E-state index contributed by atoms with van der Waals surface area (Å²) < 4.78 is 5.16. The van der Waals surface area contributed by atoms with E-state index in [-0.39, 0.29) is 0 Å². The van der Waals surface area contributed by atoms with Crippen molar-refractivity contribution in [2.24, 2.45) is 0 Å². The number of pyridine rings is 1. The molecule has 3 rings (SSSR count). The van der Waals surface area contributed by atoms with Gasteiger partial charge in [-0.1, -0.05) is 12.1 Å². The molecule has 3 N–H and O–H groups in total. The molecule has 0 atom stereocenters. The van der Waals surface area contributed by atoms with Crippen LogP contribution in [-0.2, 0) is 0 Å². The van der Waals surface area contributed by atoms with Crippen molar-refractivity contribution in [3.8, 4) is 16.9 Å². The zero-order valence-corrected chi connectivity index (χ0v) is 12.3. The SMILES string of the molecule is COc1ccc(Nc2cncc(-c3cccc(N)c3)c2)cc1. The van der Waals surface area contributed by atoms with Gasteiger partial charge in [0.05, 0.1) is 19.0 Å². The molecule has 0 radical (unpaired) electrons. The molecule has 22 heavy (non-hydrogen) atoms. The Morgan fingerprint density at radius 1 is 0.909 bits per heavy atom. The number of rotatable bonds is 4. The lowest BCUT2D eigenvalue weighted by atomic mass is 10.1. The van der Waals surface area contributed by atoms with Crippen molar-refractivity contribution in [3.05, 3.63) is 67.0 Å². The van der Waals surface area contributed by atoms with Crippen LogP contribution in [0.3, 0.4) is 0 Å². The number of nitrogens with zero attached hydrogens (tertiary/aromatic N) is 1. The minimum atomic E-state index is 0.742. The van der Waals surface area contributed by atoms with Gasteiger partial charge in [0.25, 0.3) is 0 Å². The number of nitrogen functional groups attached to an aromatic ring is 1. The molecule has 4 heteroatoms. The highest BCUT2D eigenvalue weighted by atomic mass is 16.5. The lowest BCUT2D eigenvalue weighted by Gasteiger charge is -2.09. The molecule has 2 aromatic carbocycles. The van der Waals surface area contributed by atoms with E-state index >= 15 is 0 Å². The van der Waals surface area contributed by atoms with Gasteiger partial charge in [-0.3, -0.25) is 4.98 Å². The summed E-state index contributed by atoms with van der Waals surface area (Å²) in [5.41, 5.74) is 10.5. The molecular formula is C18H17N3O. The maximum Gasteiger partial charge on any atom is 0.119 e. The van der Waals surface area contributed by atoms with Crippen LogP contribution >= 0.6 is 0 Å².